The van der Waals surface area contributed by atoms with Gasteiger partial charge in [-0.3, -0.25) is 0 Å². The number of hydrogen-bond donors (Lipinski definition) is 0. The molecule has 0 amide bonds. The number of nitrogens with zero attached hydrogens (tertiary/aromatic N) is 4. The minimum atomic E-state index is 0.651. The average Bonchev–Trinajstić information content (AvgIpc) is 3.65. The molecule has 3 heterocycles. The quantitative estimate of drug-likeness (QED) is 0.208. The Bertz CT molecular complexity index is 2420. The standard InChI is InChI=1S/C39H24N4S/c1-3-11-25(12-4-1)37-40-38(26-13-5-2-6-14-26)42-39(41-37)27-19-21-28(22-20-27)43-33-17-9-7-15-29(33)31-23-24-32-30-16-8-10-18-34(30)44-36(32)35(31)43/h1-24H. The van der Waals surface area contributed by atoms with Gasteiger partial charge in [0.2, 0.25) is 0 Å². The van der Waals surface area contributed by atoms with Crippen molar-refractivity contribution in [3.05, 3.63) is 146 Å². The molecule has 0 aliphatic carbocycles. The Morgan fingerprint density at radius 3 is 1.59 bits per heavy atom. The molecule has 0 N–H and O–H groups in total. The largest absolute Gasteiger partial charge is 0.308 e. The zero-order chi connectivity index (χ0) is 29.0. The molecule has 206 valence electrons. The third-order valence-electron chi connectivity index (χ3n) is 8.26. The third kappa shape index (κ3) is 3.94. The summed E-state index contributed by atoms with van der Waals surface area (Å²) < 4.78 is 5.02. The highest BCUT2D eigenvalue weighted by atomic mass is 32.1. The fraction of sp³-hybridized carbons (Fsp3) is 0. The van der Waals surface area contributed by atoms with E-state index in [0.29, 0.717) is 17.5 Å². The lowest BCUT2D eigenvalue weighted by Crippen LogP contribution is -2.00. The van der Waals surface area contributed by atoms with Gasteiger partial charge in [-0.05, 0) is 36.4 Å². The molecule has 0 saturated carbocycles. The SMILES string of the molecule is c1ccc(-c2nc(-c3ccccc3)nc(-c3ccc(-n4c5ccccc5c5ccc6c7ccccc7sc6c54)cc3)n2)cc1. The van der Waals surface area contributed by atoms with Crippen molar-refractivity contribution in [2.45, 2.75) is 0 Å². The lowest BCUT2D eigenvalue weighted by molar-refractivity contribution is 1.07. The molecule has 0 radical (unpaired) electrons. The maximum Gasteiger partial charge on any atom is 0.164 e. The van der Waals surface area contributed by atoms with Crippen molar-refractivity contribution in [3.8, 4) is 39.9 Å². The monoisotopic (exact) mass is 580 g/mol. The van der Waals surface area contributed by atoms with Crippen LogP contribution in [0.3, 0.4) is 0 Å². The van der Waals surface area contributed by atoms with Gasteiger partial charge < -0.3 is 4.57 Å². The van der Waals surface area contributed by atoms with Crippen LogP contribution in [0.25, 0.3) is 81.8 Å². The molecule has 0 saturated heterocycles. The summed E-state index contributed by atoms with van der Waals surface area (Å²) in [7, 11) is 0. The Balaban J connectivity index is 1.24. The maximum absolute atomic E-state index is 4.93. The molecular weight excluding hydrogens is 557 g/mol. The van der Waals surface area contributed by atoms with Gasteiger partial charge >= 0.3 is 0 Å². The third-order valence-corrected chi connectivity index (χ3v) is 9.46. The summed E-state index contributed by atoms with van der Waals surface area (Å²) in [6.07, 6.45) is 0. The average molecular weight is 581 g/mol. The zero-order valence-corrected chi connectivity index (χ0v) is 24.4. The van der Waals surface area contributed by atoms with Crippen LogP contribution in [0.15, 0.2) is 146 Å². The van der Waals surface area contributed by atoms with E-state index < -0.39 is 0 Å². The first kappa shape index (κ1) is 24.9. The van der Waals surface area contributed by atoms with Crippen molar-refractivity contribution < 1.29 is 0 Å². The van der Waals surface area contributed by atoms with Crippen molar-refractivity contribution in [1.29, 1.82) is 0 Å². The fourth-order valence-electron chi connectivity index (χ4n) is 6.20. The molecule has 4 nitrogen and oxygen atoms in total. The first-order chi connectivity index (χ1) is 21.8. The van der Waals surface area contributed by atoms with Crippen LogP contribution in [-0.2, 0) is 0 Å². The summed E-state index contributed by atoms with van der Waals surface area (Å²) >= 11 is 1.87. The molecule has 3 aromatic heterocycles. The van der Waals surface area contributed by atoms with E-state index in [0.717, 1.165) is 22.4 Å². The van der Waals surface area contributed by atoms with Crippen molar-refractivity contribution in [2.75, 3.05) is 0 Å². The number of para-hydroxylation sites is 1. The minimum absolute atomic E-state index is 0.651. The van der Waals surface area contributed by atoms with Gasteiger partial charge in [0.25, 0.3) is 0 Å². The van der Waals surface area contributed by atoms with Gasteiger partial charge in [0.05, 0.1) is 15.7 Å². The van der Waals surface area contributed by atoms with E-state index in [4.69, 9.17) is 15.0 Å². The number of aromatic nitrogens is 4. The lowest BCUT2D eigenvalue weighted by atomic mass is 10.1. The van der Waals surface area contributed by atoms with E-state index in [-0.39, 0.29) is 0 Å². The van der Waals surface area contributed by atoms with Gasteiger partial charge in [-0.2, -0.15) is 0 Å². The topological polar surface area (TPSA) is 43.6 Å². The van der Waals surface area contributed by atoms with Crippen LogP contribution in [0.5, 0.6) is 0 Å². The van der Waals surface area contributed by atoms with Gasteiger partial charge in [0, 0.05) is 48.6 Å². The highest BCUT2D eigenvalue weighted by Gasteiger charge is 2.18. The Morgan fingerprint density at radius 2 is 0.932 bits per heavy atom. The van der Waals surface area contributed by atoms with E-state index in [1.165, 1.54) is 42.0 Å². The second-order valence-electron chi connectivity index (χ2n) is 10.9. The molecule has 0 aliphatic heterocycles. The Labute approximate surface area is 257 Å². The highest BCUT2D eigenvalue weighted by Crippen LogP contribution is 2.43. The van der Waals surface area contributed by atoms with Crippen LogP contribution in [0.2, 0.25) is 0 Å². The molecule has 9 rings (SSSR count). The molecular formula is C39H24N4S. The van der Waals surface area contributed by atoms with Crippen molar-refractivity contribution >= 4 is 53.3 Å². The van der Waals surface area contributed by atoms with Crippen LogP contribution in [0.4, 0.5) is 0 Å². The van der Waals surface area contributed by atoms with Crippen LogP contribution < -0.4 is 0 Å². The Kier molecular flexibility index (Phi) is 5.64. The first-order valence-electron chi connectivity index (χ1n) is 14.6. The number of fused-ring (bicyclic) bond motifs is 7. The summed E-state index contributed by atoms with van der Waals surface area (Å²) in [6.45, 7) is 0. The molecule has 9 aromatic rings. The molecule has 6 aromatic carbocycles. The Morgan fingerprint density at radius 1 is 0.409 bits per heavy atom. The van der Waals surface area contributed by atoms with Gasteiger partial charge in [-0.15, -0.1) is 11.3 Å². The molecule has 0 unspecified atom stereocenters. The molecule has 44 heavy (non-hydrogen) atoms. The Hall–Kier alpha value is -5.65. The highest BCUT2D eigenvalue weighted by molar-refractivity contribution is 7.26. The van der Waals surface area contributed by atoms with E-state index in [1.54, 1.807) is 0 Å². The maximum atomic E-state index is 4.93. The summed E-state index contributed by atoms with van der Waals surface area (Å²) in [5.41, 5.74) is 6.41. The molecule has 0 bridgehead atoms. The predicted octanol–water partition coefficient (Wildman–Crippen LogP) is 10.3. The van der Waals surface area contributed by atoms with Gasteiger partial charge in [0.15, 0.2) is 17.5 Å². The lowest BCUT2D eigenvalue weighted by Gasteiger charge is -2.11. The number of thiophene rings is 1. The molecule has 5 heteroatoms. The molecule has 0 fully saturated rings. The number of hydrogen-bond acceptors (Lipinski definition) is 4. The summed E-state index contributed by atoms with van der Waals surface area (Å²) in [5.74, 6) is 1.97. The minimum Gasteiger partial charge on any atom is -0.308 e. The van der Waals surface area contributed by atoms with Crippen molar-refractivity contribution in [1.82, 2.24) is 19.5 Å². The summed E-state index contributed by atoms with van der Waals surface area (Å²) in [4.78, 5) is 14.7. The van der Waals surface area contributed by atoms with E-state index in [9.17, 15) is 0 Å². The zero-order valence-electron chi connectivity index (χ0n) is 23.6. The molecule has 0 spiro atoms. The van der Waals surface area contributed by atoms with E-state index in [2.05, 4.69) is 89.5 Å². The normalized spacial score (nSPS) is 11.6. The van der Waals surface area contributed by atoms with Crippen LogP contribution in [0.1, 0.15) is 0 Å². The second kappa shape index (κ2) is 9.97. The molecule has 0 aliphatic rings. The van der Waals surface area contributed by atoms with Gasteiger partial charge in [-0.1, -0.05) is 109 Å². The van der Waals surface area contributed by atoms with Crippen molar-refractivity contribution in [3.63, 3.8) is 0 Å². The van der Waals surface area contributed by atoms with Gasteiger partial charge in [0.1, 0.15) is 0 Å². The van der Waals surface area contributed by atoms with Crippen LogP contribution in [-0.4, -0.2) is 19.5 Å². The van der Waals surface area contributed by atoms with Crippen LogP contribution >= 0.6 is 11.3 Å². The second-order valence-corrected chi connectivity index (χ2v) is 11.9. The predicted molar refractivity (Wildman–Crippen MR) is 183 cm³/mol. The summed E-state index contributed by atoms with van der Waals surface area (Å²) in [6, 6.07) is 50.7. The van der Waals surface area contributed by atoms with E-state index in [1.807, 2.05) is 72.0 Å². The smallest absolute Gasteiger partial charge is 0.164 e. The summed E-state index contributed by atoms with van der Waals surface area (Å²) in [5, 5.41) is 5.12. The number of benzene rings is 6. The fourth-order valence-corrected chi connectivity index (χ4v) is 7.44. The van der Waals surface area contributed by atoms with Crippen LogP contribution in [0, 0.1) is 0 Å². The first-order valence-corrected chi connectivity index (χ1v) is 15.4. The molecule has 0 atom stereocenters. The van der Waals surface area contributed by atoms with E-state index >= 15 is 0 Å². The number of rotatable bonds is 4. The van der Waals surface area contributed by atoms with Gasteiger partial charge in [-0.25, -0.2) is 15.0 Å². The van der Waals surface area contributed by atoms with Crippen molar-refractivity contribution in [2.24, 2.45) is 0 Å².